The topological polar surface area (TPSA) is 119 Å². The zero-order chi connectivity index (χ0) is 29.5. The molecule has 4 heterocycles. The summed E-state index contributed by atoms with van der Waals surface area (Å²) < 4.78 is 40.8. The summed E-state index contributed by atoms with van der Waals surface area (Å²) in [6, 6.07) is 5.96. The van der Waals surface area contributed by atoms with Crippen molar-refractivity contribution in [3.05, 3.63) is 69.9 Å². The second-order valence-corrected chi connectivity index (χ2v) is 10.4. The number of alkyl halides is 3. The molecule has 1 atom stereocenters. The number of nitrogens with one attached hydrogen (secondary N) is 1. The molecule has 0 saturated carbocycles. The van der Waals surface area contributed by atoms with E-state index in [0.29, 0.717) is 42.1 Å². The summed E-state index contributed by atoms with van der Waals surface area (Å²) in [5, 5.41) is 2.79. The summed E-state index contributed by atoms with van der Waals surface area (Å²) in [5.74, 6) is -0.256. The molecule has 1 unspecified atom stereocenters. The molecular formula is C27H24Cl2F3N7O2. The Hall–Kier alpha value is -3.90. The van der Waals surface area contributed by atoms with Gasteiger partial charge in [0, 0.05) is 42.8 Å². The van der Waals surface area contributed by atoms with Crippen LogP contribution in [0.5, 0.6) is 0 Å². The van der Waals surface area contributed by atoms with Crippen molar-refractivity contribution in [2.24, 2.45) is 0 Å². The van der Waals surface area contributed by atoms with E-state index in [2.05, 4.69) is 15.3 Å². The largest absolute Gasteiger partial charge is 0.416 e. The fourth-order valence-corrected chi connectivity index (χ4v) is 5.43. The number of amides is 2. The van der Waals surface area contributed by atoms with Gasteiger partial charge in [-0.1, -0.05) is 36.2 Å². The van der Waals surface area contributed by atoms with Gasteiger partial charge in [0.2, 0.25) is 5.91 Å². The lowest BCUT2D eigenvalue weighted by Gasteiger charge is -2.32. The molecule has 9 nitrogen and oxygen atoms in total. The third-order valence-electron chi connectivity index (χ3n) is 6.93. The minimum atomic E-state index is -4.58. The summed E-state index contributed by atoms with van der Waals surface area (Å²) in [6.45, 7) is 2.96. The second kappa shape index (κ2) is 11.2. The van der Waals surface area contributed by atoms with Gasteiger partial charge >= 0.3 is 6.18 Å². The third kappa shape index (κ3) is 5.66. The SMILES string of the molecule is CCC(=O)N1CCCC(c2nc(-c3ccc(C(=O)Nc4cc(C(F)(F)F)ccn4)cc3Cl)c3c(N)ncc(Cl)n23)C1. The Labute approximate surface area is 242 Å². The maximum Gasteiger partial charge on any atom is 0.416 e. The van der Waals surface area contributed by atoms with Crippen LogP contribution in [-0.2, 0) is 11.0 Å². The van der Waals surface area contributed by atoms with Crippen molar-refractivity contribution in [3.63, 3.8) is 0 Å². The first-order valence-electron chi connectivity index (χ1n) is 12.7. The van der Waals surface area contributed by atoms with Gasteiger partial charge < -0.3 is 16.0 Å². The average molecular weight is 606 g/mol. The van der Waals surface area contributed by atoms with E-state index in [4.69, 9.17) is 33.9 Å². The maximum atomic E-state index is 13.0. The van der Waals surface area contributed by atoms with E-state index in [-0.39, 0.29) is 39.2 Å². The molecule has 4 aromatic rings. The summed E-state index contributed by atoms with van der Waals surface area (Å²) in [7, 11) is 0. The first-order chi connectivity index (χ1) is 19.5. The highest BCUT2D eigenvalue weighted by molar-refractivity contribution is 6.34. The van der Waals surface area contributed by atoms with Gasteiger partial charge in [-0.25, -0.2) is 15.0 Å². The predicted octanol–water partition coefficient (Wildman–Crippen LogP) is 6.07. The van der Waals surface area contributed by atoms with Crippen LogP contribution in [0, 0.1) is 0 Å². The monoisotopic (exact) mass is 605 g/mol. The molecule has 3 N–H and O–H groups in total. The molecule has 1 aliphatic heterocycles. The van der Waals surface area contributed by atoms with Crippen molar-refractivity contribution >= 4 is 52.2 Å². The fraction of sp³-hybridized carbons (Fsp3) is 0.296. The van der Waals surface area contributed by atoms with Gasteiger partial charge in [0.05, 0.1) is 16.8 Å². The Balaban J connectivity index is 1.50. The van der Waals surface area contributed by atoms with Crippen LogP contribution in [0.3, 0.4) is 0 Å². The van der Waals surface area contributed by atoms with E-state index in [1.165, 1.54) is 18.3 Å². The zero-order valence-corrected chi connectivity index (χ0v) is 23.2. The summed E-state index contributed by atoms with van der Waals surface area (Å²) in [4.78, 5) is 39.9. The number of fused-ring (bicyclic) bond motifs is 1. The highest BCUT2D eigenvalue weighted by atomic mass is 35.5. The number of nitrogens with zero attached hydrogens (tertiary/aromatic N) is 5. The Bertz CT molecular complexity index is 1660. The number of nitrogens with two attached hydrogens (primary N) is 1. The first-order valence-corrected chi connectivity index (χ1v) is 13.5. The molecule has 14 heteroatoms. The number of anilines is 2. The number of carbonyl (C=O) groups excluding carboxylic acids is 2. The van der Waals surface area contributed by atoms with Gasteiger partial charge in [0.15, 0.2) is 0 Å². The van der Waals surface area contributed by atoms with E-state index >= 15 is 0 Å². The number of nitrogen functional groups attached to an aromatic ring is 1. The number of piperidine rings is 1. The quantitative estimate of drug-likeness (QED) is 0.285. The highest BCUT2D eigenvalue weighted by Gasteiger charge is 2.32. The molecule has 41 heavy (non-hydrogen) atoms. The minimum absolute atomic E-state index is 0.0558. The zero-order valence-electron chi connectivity index (χ0n) is 21.7. The first kappa shape index (κ1) is 28.6. The molecule has 0 bridgehead atoms. The maximum absolute atomic E-state index is 13.0. The number of hydrogen-bond acceptors (Lipinski definition) is 6. The highest BCUT2D eigenvalue weighted by Crippen LogP contribution is 2.38. The van der Waals surface area contributed by atoms with Crippen LogP contribution in [0.15, 0.2) is 42.7 Å². The van der Waals surface area contributed by atoms with Crippen molar-refractivity contribution in [3.8, 4) is 11.3 Å². The van der Waals surface area contributed by atoms with E-state index in [1.807, 2.05) is 11.8 Å². The minimum Gasteiger partial charge on any atom is -0.382 e. The van der Waals surface area contributed by atoms with Crippen molar-refractivity contribution in [1.82, 2.24) is 24.3 Å². The normalized spacial score (nSPS) is 15.8. The Morgan fingerprint density at radius 1 is 1.17 bits per heavy atom. The Kier molecular flexibility index (Phi) is 7.80. The van der Waals surface area contributed by atoms with Gasteiger partial charge in [-0.2, -0.15) is 13.2 Å². The van der Waals surface area contributed by atoms with Gasteiger partial charge in [-0.3, -0.25) is 14.0 Å². The smallest absolute Gasteiger partial charge is 0.382 e. The van der Waals surface area contributed by atoms with Crippen LogP contribution in [0.4, 0.5) is 24.8 Å². The summed E-state index contributed by atoms with van der Waals surface area (Å²) >= 11 is 13.2. The second-order valence-electron chi connectivity index (χ2n) is 9.58. The van der Waals surface area contributed by atoms with E-state index in [0.717, 1.165) is 31.2 Å². The van der Waals surface area contributed by atoms with Crippen molar-refractivity contribution < 1.29 is 22.8 Å². The van der Waals surface area contributed by atoms with Crippen LogP contribution in [-0.4, -0.2) is 49.2 Å². The number of pyridine rings is 1. The number of halogens is 5. The molecule has 1 fully saturated rings. The Morgan fingerprint density at radius 2 is 1.95 bits per heavy atom. The number of carbonyl (C=O) groups is 2. The van der Waals surface area contributed by atoms with Gasteiger partial charge in [0.25, 0.3) is 5.91 Å². The van der Waals surface area contributed by atoms with Crippen molar-refractivity contribution in [2.75, 3.05) is 24.1 Å². The van der Waals surface area contributed by atoms with Crippen molar-refractivity contribution in [2.45, 2.75) is 38.3 Å². The number of likely N-dealkylation sites (tertiary alicyclic amines) is 1. The van der Waals surface area contributed by atoms with E-state index in [9.17, 15) is 22.8 Å². The lowest BCUT2D eigenvalue weighted by molar-refractivity contribution is -0.137. The van der Waals surface area contributed by atoms with Gasteiger partial charge in [-0.15, -0.1) is 0 Å². The molecule has 0 aliphatic carbocycles. The van der Waals surface area contributed by atoms with Crippen molar-refractivity contribution in [1.29, 1.82) is 0 Å². The molecule has 2 amide bonds. The summed E-state index contributed by atoms with van der Waals surface area (Å²) in [6.07, 6.45) is -0.222. The third-order valence-corrected chi connectivity index (χ3v) is 7.51. The number of imidazole rings is 1. The van der Waals surface area contributed by atoms with Crippen LogP contribution in [0.1, 0.15) is 53.8 Å². The summed E-state index contributed by atoms with van der Waals surface area (Å²) in [5.41, 5.74) is 6.68. The molecular weight excluding hydrogens is 582 g/mol. The molecule has 0 spiro atoms. The van der Waals surface area contributed by atoms with Crippen LogP contribution in [0.2, 0.25) is 10.2 Å². The molecule has 214 valence electrons. The number of aromatic nitrogens is 4. The van der Waals surface area contributed by atoms with Gasteiger partial charge in [-0.05, 0) is 37.1 Å². The van der Waals surface area contributed by atoms with Gasteiger partial charge in [0.1, 0.15) is 33.8 Å². The lowest BCUT2D eigenvalue weighted by Crippen LogP contribution is -2.39. The standard InChI is InChI=1S/C27H24Cl2F3N7O2/c1-2-21(40)38-9-3-4-15(13-38)25-37-22(23-24(33)35-12-19(29)39(23)25)17-6-5-14(10-18(17)28)26(41)36-20-11-16(7-8-34-20)27(30,31)32/h5-8,10-12,15H,2-4,9,13H2,1H3,(H2,33,35)(H,34,36,41). The fourth-order valence-electron chi connectivity index (χ4n) is 4.94. The molecule has 1 aliphatic rings. The lowest BCUT2D eigenvalue weighted by atomic mass is 9.97. The molecule has 5 rings (SSSR count). The van der Waals surface area contributed by atoms with E-state index in [1.54, 1.807) is 10.5 Å². The van der Waals surface area contributed by atoms with Crippen LogP contribution >= 0.6 is 23.2 Å². The molecule has 1 aromatic carbocycles. The molecule has 0 radical (unpaired) electrons. The van der Waals surface area contributed by atoms with Crippen LogP contribution < -0.4 is 11.1 Å². The Morgan fingerprint density at radius 3 is 2.66 bits per heavy atom. The predicted molar refractivity (Wildman–Crippen MR) is 149 cm³/mol. The average Bonchev–Trinajstić information content (AvgIpc) is 3.36. The van der Waals surface area contributed by atoms with E-state index < -0.39 is 17.6 Å². The number of hydrogen-bond donors (Lipinski definition) is 2. The number of benzene rings is 1. The molecule has 3 aromatic heterocycles. The van der Waals surface area contributed by atoms with Crippen LogP contribution in [0.25, 0.3) is 16.8 Å². The number of rotatable bonds is 5. The molecule has 1 saturated heterocycles.